The first-order chi connectivity index (χ1) is 16.6. The number of amides is 1. The Balaban J connectivity index is 0.00000298. The van der Waals surface area contributed by atoms with Crippen molar-refractivity contribution >= 4 is 23.0 Å². The van der Waals surface area contributed by atoms with Crippen molar-refractivity contribution < 1.29 is 32.0 Å². The number of halogens is 4. The highest BCUT2D eigenvalue weighted by Crippen LogP contribution is 2.37. The van der Waals surface area contributed by atoms with Gasteiger partial charge in [-0.2, -0.15) is 13.2 Å². The highest BCUT2D eigenvalue weighted by atomic mass is 19.4. The Bertz CT molecular complexity index is 1080. The van der Waals surface area contributed by atoms with Crippen molar-refractivity contribution in [3.63, 3.8) is 0 Å². The average Bonchev–Trinajstić information content (AvgIpc) is 2.83. The standard InChI is InChI=1S/C22H24F4N4O3.C2H6/c1-12-7-6-8-14(19(30-32-5)21(31)28-4)15(12)11-33-29-13(2)18-17(23)10-9-16(20(18)27-3)22(24,25)26;1-2/h6-10,27H,11H2,1-5H3,(H,28,31);1-2H3/b29-13+,30-19+;. The summed E-state index contributed by atoms with van der Waals surface area (Å²) in [5, 5.41) is 12.5. The number of oxime groups is 2. The molecule has 0 atom stereocenters. The van der Waals surface area contributed by atoms with Crippen LogP contribution < -0.4 is 10.6 Å². The summed E-state index contributed by atoms with van der Waals surface area (Å²) < 4.78 is 54.4. The van der Waals surface area contributed by atoms with Crippen molar-refractivity contribution in [2.75, 3.05) is 26.5 Å². The maximum Gasteiger partial charge on any atom is 0.418 e. The molecule has 11 heteroatoms. The summed E-state index contributed by atoms with van der Waals surface area (Å²) >= 11 is 0. The molecule has 35 heavy (non-hydrogen) atoms. The zero-order valence-corrected chi connectivity index (χ0v) is 20.7. The number of anilines is 1. The van der Waals surface area contributed by atoms with Crippen LogP contribution in [0.3, 0.4) is 0 Å². The molecule has 0 heterocycles. The minimum Gasteiger partial charge on any atom is -0.398 e. The largest absolute Gasteiger partial charge is 0.418 e. The molecule has 7 nitrogen and oxygen atoms in total. The molecule has 0 aliphatic heterocycles. The lowest BCUT2D eigenvalue weighted by molar-refractivity contribution is -0.137. The molecule has 2 aromatic carbocycles. The van der Waals surface area contributed by atoms with E-state index < -0.39 is 29.2 Å². The summed E-state index contributed by atoms with van der Waals surface area (Å²) in [5.74, 6) is -1.38. The number of likely N-dealkylation sites (N-methyl/N-ethyl adjacent to an activating group) is 1. The Kier molecular flexibility index (Phi) is 11.2. The lowest BCUT2D eigenvalue weighted by Crippen LogP contribution is -2.29. The molecule has 0 unspecified atom stereocenters. The molecule has 0 saturated heterocycles. The molecule has 0 spiro atoms. The van der Waals surface area contributed by atoms with Crippen LogP contribution in [0.2, 0.25) is 0 Å². The molecule has 0 aliphatic rings. The zero-order chi connectivity index (χ0) is 26.8. The number of rotatable bonds is 8. The summed E-state index contributed by atoms with van der Waals surface area (Å²) in [6.45, 7) is 6.95. The third-order valence-corrected chi connectivity index (χ3v) is 4.77. The molecular formula is C24H30F4N4O3. The smallest absolute Gasteiger partial charge is 0.398 e. The summed E-state index contributed by atoms with van der Waals surface area (Å²) in [4.78, 5) is 22.4. The van der Waals surface area contributed by atoms with Crippen molar-refractivity contribution in [3.8, 4) is 0 Å². The summed E-state index contributed by atoms with van der Waals surface area (Å²) in [5.41, 5.74) is -0.212. The van der Waals surface area contributed by atoms with E-state index >= 15 is 0 Å². The normalized spacial score (nSPS) is 11.9. The number of hydrogen-bond donors (Lipinski definition) is 2. The molecule has 192 valence electrons. The molecule has 2 N–H and O–H groups in total. The van der Waals surface area contributed by atoms with Crippen molar-refractivity contribution in [3.05, 3.63) is 64.0 Å². The Hall–Kier alpha value is -3.63. The Morgan fingerprint density at radius 2 is 1.74 bits per heavy atom. The van der Waals surface area contributed by atoms with Crippen LogP contribution >= 0.6 is 0 Å². The predicted octanol–water partition coefficient (Wildman–Crippen LogP) is 5.26. The molecule has 0 aromatic heterocycles. The van der Waals surface area contributed by atoms with Gasteiger partial charge in [0.25, 0.3) is 5.91 Å². The van der Waals surface area contributed by atoms with Crippen molar-refractivity contribution in [1.29, 1.82) is 0 Å². The fourth-order valence-electron chi connectivity index (χ4n) is 3.20. The molecule has 0 radical (unpaired) electrons. The number of benzene rings is 2. The van der Waals surface area contributed by atoms with Gasteiger partial charge in [-0.25, -0.2) is 4.39 Å². The van der Waals surface area contributed by atoms with Crippen LogP contribution in [-0.2, 0) is 27.3 Å². The second-order valence-corrected chi connectivity index (χ2v) is 6.85. The molecule has 1 amide bonds. The van der Waals surface area contributed by atoms with Crippen LogP contribution in [0.5, 0.6) is 0 Å². The van der Waals surface area contributed by atoms with Crippen LogP contribution in [0.1, 0.15) is 48.6 Å². The summed E-state index contributed by atoms with van der Waals surface area (Å²) in [6, 6.07) is 6.52. The van der Waals surface area contributed by atoms with Crippen molar-refractivity contribution in [2.45, 2.75) is 40.5 Å². The van der Waals surface area contributed by atoms with Crippen LogP contribution in [0, 0.1) is 12.7 Å². The van der Waals surface area contributed by atoms with Gasteiger partial charge in [0.15, 0.2) is 5.71 Å². The second-order valence-electron chi connectivity index (χ2n) is 6.85. The van der Waals surface area contributed by atoms with Gasteiger partial charge >= 0.3 is 6.18 Å². The number of carbonyl (C=O) groups excluding carboxylic acids is 1. The molecular weight excluding hydrogens is 468 g/mol. The SMILES string of the molecule is CC.CNC(=O)/C(=N/OC)c1cccc(C)c1CO/N=C(\C)c1c(F)ccc(C(F)(F)F)c1NC. The van der Waals surface area contributed by atoms with E-state index in [4.69, 9.17) is 9.68 Å². The number of aryl methyl sites for hydroxylation is 1. The van der Waals surface area contributed by atoms with E-state index in [9.17, 15) is 22.4 Å². The highest BCUT2D eigenvalue weighted by Gasteiger charge is 2.35. The van der Waals surface area contributed by atoms with Crippen LogP contribution in [-0.4, -0.2) is 38.5 Å². The van der Waals surface area contributed by atoms with E-state index in [1.54, 1.807) is 25.1 Å². The Morgan fingerprint density at radius 1 is 1.09 bits per heavy atom. The first kappa shape index (κ1) is 29.4. The first-order valence-electron chi connectivity index (χ1n) is 10.7. The fourth-order valence-corrected chi connectivity index (χ4v) is 3.20. The van der Waals surface area contributed by atoms with Gasteiger partial charge in [0, 0.05) is 25.2 Å². The quantitative estimate of drug-likeness (QED) is 0.296. The van der Waals surface area contributed by atoms with E-state index in [0.717, 1.165) is 11.6 Å². The van der Waals surface area contributed by atoms with E-state index in [2.05, 4.69) is 20.9 Å². The summed E-state index contributed by atoms with van der Waals surface area (Å²) in [7, 11) is 4.00. The van der Waals surface area contributed by atoms with Crippen LogP contribution in [0.25, 0.3) is 0 Å². The highest BCUT2D eigenvalue weighted by molar-refractivity contribution is 6.45. The number of hydrogen-bond acceptors (Lipinski definition) is 6. The maximum absolute atomic E-state index is 14.4. The number of nitrogens with zero attached hydrogens (tertiary/aromatic N) is 2. The van der Waals surface area contributed by atoms with Crippen molar-refractivity contribution in [1.82, 2.24) is 5.32 Å². The summed E-state index contributed by atoms with van der Waals surface area (Å²) in [6.07, 6.45) is -4.69. The lowest BCUT2D eigenvalue weighted by atomic mass is 9.98. The number of carbonyl (C=O) groups is 1. The topological polar surface area (TPSA) is 84.3 Å². The third kappa shape index (κ3) is 7.17. The van der Waals surface area contributed by atoms with Gasteiger partial charge in [0.2, 0.25) is 0 Å². The van der Waals surface area contributed by atoms with E-state index in [0.29, 0.717) is 17.2 Å². The van der Waals surface area contributed by atoms with Gasteiger partial charge in [-0.05, 0) is 31.5 Å². The zero-order valence-electron chi connectivity index (χ0n) is 20.7. The monoisotopic (exact) mass is 498 g/mol. The van der Waals surface area contributed by atoms with Gasteiger partial charge in [-0.1, -0.05) is 42.4 Å². The molecule has 0 saturated carbocycles. The van der Waals surface area contributed by atoms with Gasteiger partial charge < -0.3 is 20.3 Å². The molecule has 0 aliphatic carbocycles. The minimum atomic E-state index is -4.69. The van der Waals surface area contributed by atoms with Crippen LogP contribution in [0.4, 0.5) is 23.2 Å². The number of alkyl halides is 3. The van der Waals surface area contributed by atoms with Gasteiger partial charge in [-0.15, -0.1) is 0 Å². The molecule has 0 fully saturated rings. The van der Waals surface area contributed by atoms with E-state index in [1.807, 2.05) is 13.8 Å². The molecule has 2 rings (SSSR count). The average molecular weight is 499 g/mol. The van der Waals surface area contributed by atoms with E-state index in [-0.39, 0.29) is 23.6 Å². The predicted molar refractivity (Wildman–Crippen MR) is 128 cm³/mol. The van der Waals surface area contributed by atoms with Gasteiger partial charge in [0.1, 0.15) is 19.5 Å². The van der Waals surface area contributed by atoms with Gasteiger partial charge in [0.05, 0.1) is 22.5 Å². The maximum atomic E-state index is 14.4. The third-order valence-electron chi connectivity index (χ3n) is 4.77. The number of nitrogens with one attached hydrogen (secondary N) is 2. The van der Waals surface area contributed by atoms with Gasteiger partial charge in [-0.3, -0.25) is 4.79 Å². The van der Waals surface area contributed by atoms with Crippen molar-refractivity contribution in [2.24, 2.45) is 10.3 Å². The molecule has 0 bridgehead atoms. The molecule has 2 aromatic rings. The van der Waals surface area contributed by atoms with Crippen LogP contribution in [0.15, 0.2) is 40.6 Å². The van der Waals surface area contributed by atoms with E-state index in [1.165, 1.54) is 28.1 Å². The fraction of sp³-hybridized carbons (Fsp3) is 0.375. The Morgan fingerprint density at radius 3 is 2.29 bits per heavy atom. The minimum absolute atomic E-state index is 0.00407. The first-order valence-corrected chi connectivity index (χ1v) is 10.7. The Labute approximate surface area is 202 Å². The lowest BCUT2D eigenvalue weighted by Gasteiger charge is -2.17. The second kappa shape index (κ2) is 13.3.